The third-order valence-corrected chi connectivity index (χ3v) is 6.91. The van der Waals surface area contributed by atoms with Crippen molar-refractivity contribution in [3.8, 4) is 11.1 Å². The number of carbonyl (C=O) groups is 1. The third kappa shape index (κ3) is 3.85. The summed E-state index contributed by atoms with van der Waals surface area (Å²) in [7, 11) is 0. The average molecular weight is 483 g/mol. The zero-order valence-electron chi connectivity index (χ0n) is 17.4. The Morgan fingerprint density at radius 3 is 2.64 bits per heavy atom. The van der Waals surface area contributed by atoms with Gasteiger partial charge in [-0.3, -0.25) is 4.57 Å². The number of benzene rings is 2. The van der Waals surface area contributed by atoms with E-state index in [0.29, 0.717) is 29.4 Å². The summed E-state index contributed by atoms with van der Waals surface area (Å²) in [5.74, 6) is 0. The lowest BCUT2D eigenvalue weighted by atomic mass is 9.91. The quantitative estimate of drug-likeness (QED) is 0.446. The first kappa shape index (κ1) is 21.5. The van der Waals surface area contributed by atoms with Crippen LogP contribution in [0.15, 0.2) is 59.9 Å². The number of nitrogens with one attached hydrogen (secondary N) is 1. The van der Waals surface area contributed by atoms with E-state index in [1.54, 1.807) is 34.0 Å². The van der Waals surface area contributed by atoms with Crippen molar-refractivity contribution < 1.29 is 4.79 Å². The number of H-pyrrole nitrogens is 1. The molecule has 0 bridgehead atoms. The van der Waals surface area contributed by atoms with Crippen molar-refractivity contribution in [2.24, 2.45) is 5.73 Å². The topological polar surface area (TPSA) is 110 Å². The number of nitrogens with zero attached hydrogens (tertiary/aromatic N) is 4. The molecule has 4 aromatic rings. The van der Waals surface area contributed by atoms with Gasteiger partial charge in [0.2, 0.25) is 0 Å². The summed E-state index contributed by atoms with van der Waals surface area (Å²) in [6.45, 7) is 0.413. The van der Waals surface area contributed by atoms with Crippen molar-refractivity contribution in [2.75, 3.05) is 6.54 Å². The molecule has 5 rings (SSSR count). The number of hydrogen-bond acceptors (Lipinski definition) is 4. The molecule has 1 saturated heterocycles. The van der Waals surface area contributed by atoms with Gasteiger partial charge in [0.1, 0.15) is 6.33 Å². The number of aromatic amines is 1. The maximum Gasteiger partial charge on any atom is 0.326 e. The highest BCUT2D eigenvalue weighted by atomic mass is 35.5. The van der Waals surface area contributed by atoms with Crippen LogP contribution in [-0.4, -0.2) is 37.0 Å². The fraction of sp³-hybridized carbons (Fsp3) is 0.217. The van der Waals surface area contributed by atoms with Gasteiger partial charge in [0.15, 0.2) is 0 Å². The molecule has 168 valence electrons. The van der Waals surface area contributed by atoms with Gasteiger partial charge in [0, 0.05) is 36.1 Å². The van der Waals surface area contributed by atoms with E-state index in [-0.39, 0.29) is 17.8 Å². The second-order valence-corrected chi connectivity index (χ2v) is 8.84. The van der Waals surface area contributed by atoms with Crippen LogP contribution in [0.5, 0.6) is 0 Å². The summed E-state index contributed by atoms with van der Waals surface area (Å²) in [6, 6.07) is 10.0. The van der Waals surface area contributed by atoms with Crippen LogP contribution in [0.2, 0.25) is 10.0 Å². The number of hydrogen-bond donors (Lipinski definition) is 2. The summed E-state index contributed by atoms with van der Waals surface area (Å²) in [5.41, 5.74) is 9.45. The highest BCUT2D eigenvalue weighted by Crippen LogP contribution is 2.39. The lowest BCUT2D eigenvalue weighted by molar-refractivity contribution is 0.136. The first-order chi connectivity index (χ1) is 15.9. The van der Waals surface area contributed by atoms with Crippen molar-refractivity contribution in [3.63, 3.8) is 0 Å². The van der Waals surface area contributed by atoms with Crippen molar-refractivity contribution >= 4 is 40.3 Å². The Balaban J connectivity index is 1.57. The van der Waals surface area contributed by atoms with Crippen LogP contribution in [0.3, 0.4) is 0 Å². The molecule has 0 spiro atoms. The van der Waals surface area contributed by atoms with Crippen molar-refractivity contribution in [1.29, 1.82) is 0 Å². The first-order valence-corrected chi connectivity index (χ1v) is 11.2. The Morgan fingerprint density at radius 2 is 1.91 bits per heavy atom. The van der Waals surface area contributed by atoms with E-state index in [2.05, 4.69) is 15.0 Å². The van der Waals surface area contributed by atoms with E-state index >= 15 is 0 Å². The molecule has 2 unspecified atom stereocenters. The molecule has 0 radical (unpaired) electrons. The van der Waals surface area contributed by atoms with Gasteiger partial charge < -0.3 is 15.6 Å². The number of primary amides is 1. The molecule has 2 aromatic heterocycles. The number of halogens is 2. The number of nitrogens with two attached hydrogens (primary N) is 1. The molecule has 8 nitrogen and oxygen atoms in total. The molecule has 0 aliphatic carbocycles. The van der Waals surface area contributed by atoms with E-state index in [0.717, 1.165) is 27.7 Å². The van der Waals surface area contributed by atoms with Crippen molar-refractivity contribution in [1.82, 2.24) is 24.4 Å². The summed E-state index contributed by atoms with van der Waals surface area (Å²) >= 11 is 12.3. The predicted octanol–water partition coefficient (Wildman–Crippen LogP) is 4.55. The molecule has 3 heterocycles. The minimum atomic E-state index is -0.512. The fourth-order valence-corrected chi connectivity index (χ4v) is 4.98. The summed E-state index contributed by atoms with van der Waals surface area (Å²) in [4.78, 5) is 38.1. The maximum atomic E-state index is 13.1. The highest BCUT2D eigenvalue weighted by Gasteiger charge is 2.34. The molecule has 3 N–H and O–H groups in total. The first-order valence-electron chi connectivity index (χ1n) is 10.4. The zero-order chi connectivity index (χ0) is 23.1. The second kappa shape index (κ2) is 8.53. The van der Waals surface area contributed by atoms with Crippen LogP contribution in [-0.2, 0) is 0 Å². The molecule has 33 heavy (non-hydrogen) atoms. The van der Waals surface area contributed by atoms with Crippen molar-refractivity contribution in [3.05, 3.63) is 81.2 Å². The Labute approximate surface area is 199 Å². The van der Waals surface area contributed by atoms with Gasteiger partial charge in [-0.1, -0.05) is 41.4 Å². The second-order valence-electron chi connectivity index (χ2n) is 8.03. The number of urea groups is 1. The smallest absolute Gasteiger partial charge is 0.326 e. The van der Waals surface area contributed by atoms with Gasteiger partial charge >= 0.3 is 11.7 Å². The van der Waals surface area contributed by atoms with E-state index in [1.807, 2.05) is 24.3 Å². The molecule has 1 aliphatic heterocycles. The van der Waals surface area contributed by atoms with Crippen LogP contribution in [0.25, 0.3) is 22.2 Å². The Bertz CT molecular complexity index is 1400. The van der Waals surface area contributed by atoms with Gasteiger partial charge in [-0.2, -0.15) is 0 Å². The molecule has 10 heteroatoms. The molecule has 1 aliphatic rings. The number of fused-ring (bicyclic) bond motifs is 1. The number of carbonyl (C=O) groups excluding carboxylic acids is 1. The van der Waals surface area contributed by atoms with Gasteiger partial charge in [-0.25, -0.2) is 19.6 Å². The number of aromatic nitrogens is 4. The summed E-state index contributed by atoms with van der Waals surface area (Å²) in [6.07, 6.45) is 5.98. The lowest BCUT2D eigenvalue weighted by Crippen LogP contribution is -2.45. The number of para-hydroxylation sites is 1. The molecule has 1 fully saturated rings. The zero-order valence-corrected chi connectivity index (χ0v) is 18.9. The van der Waals surface area contributed by atoms with E-state index < -0.39 is 6.03 Å². The monoisotopic (exact) mass is 482 g/mol. The minimum Gasteiger partial charge on any atom is -0.351 e. The van der Waals surface area contributed by atoms with Crippen LogP contribution < -0.4 is 11.4 Å². The molecule has 0 saturated carbocycles. The summed E-state index contributed by atoms with van der Waals surface area (Å²) in [5, 5.41) is 0.836. The highest BCUT2D eigenvalue weighted by molar-refractivity contribution is 6.42. The van der Waals surface area contributed by atoms with E-state index in [4.69, 9.17) is 28.9 Å². The van der Waals surface area contributed by atoms with Gasteiger partial charge in [-0.05, 0) is 36.6 Å². The van der Waals surface area contributed by atoms with Crippen LogP contribution in [0, 0.1) is 0 Å². The van der Waals surface area contributed by atoms with Gasteiger partial charge in [-0.15, -0.1) is 0 Å². The van der Waals surface area contributed by atoms with Crippen LogP contribution in [0.4, 0.5) is 4.79 Å². The van der Waals surface area contributed by atoms with E-state index in [1.165, 1.54) is 6.33 Å². The van der Waals surface area contributed by atoms with Gasteiger partial charge in [0.25, 0.3) is 0 Å². The Hall–Kier alpha value is -3.36. The average Bonchev–Trinajstić information content (AvgIpc) is 3.16. The predicted molar refractivity (Wildman–Crippen MR) is 127 cm³/mol. The molecule has 2 atom stereocenters. The largest absolute Gasteiger partial charge is 0.351 e. The number of imidazole rings is 1. The standard InChI is InChI=1S/C23H20Cl2N6O2/c24-17-5-4-13(8-18(17)25)20-9-15(6-7-30(20)22(26)32)31-19-3-1-2-16(21(19)29-23(31)33)14-10-27-12-28-11-14/h1-5,8,10-12,15,20H,6-7,9H2,(H2,26,32)(H,29,33). The molecule has 2 amide bonds. The Kier molecular flexibility index (Phi) is 5.55. The summed E-state index contributed by atoms with van der Waals surface area (Å²) < 4.78 is 1.77. The normalized spacial score (nSPS) is 18.5. The fourth-order valence-electron chi connectivity index (χ4n) is 4.67. The number of piperidine rings is 1. The van der Waals surface area contributed by atoms with E-state index in [9.17, 15) is 9.59 Å². The SMILES string of the molecule is NC(=O)N1CCC(n2c(=O)[nH]c3c(-c4cncnc4)cccc32)CC1c1ccc(Cl)c(Cl)c1. The van der Waals surface area contributed by atoms with Crippen LogP contribution >= 0.6 is 23.2 Å². The molecule has 2 aromatic carbocycles. The lowest BCUT2D eigenvalue weighted by Gasteiger charge is -2.39. The van der Waals surface area contributed by atoms with Crippen molar-refractivity contribution in [2.45, 2.75) is 24.9 Å². The van der Waals surface area contributed by atoms with Gasteiger partial charge in [0.05, 0.1) is 27.1 Å². The molecular weight excluding hydrogens is 463 g/mol. The third-order valence-electron chi connectivity index (χ3n) is 6.18. The number of likely N-dealkylation sites (tertiary alicyclic amines) is 1. The Morgan fingerprint density at radius 1 is 1.12 bits per heavy atom. The maximum absolute atomic E-state index is 13.1. The van der Waals surface area contributed by atoms with Crippen LogP contribution in [0.1, 0.15) is 30.5 Å². The number of rotatable bonds is 3. The minimum absolute atomic E-state index is 0.149. The number of amides is 2. The molecular formula is C23H20Cl2N6O2.